The van der Waals surface area contributed by atoms with E-state index in [1.54, 1.807) is 24.3 Å². The van der Waals surface area contributed by atoms with Crippen LogP contribution in [0.25, 0.3) is 10.8 Å². The van der Waals surface area contributed by atoms with Crippen LogP contribution in [0.5, 0.6) is 0 Å². The first-order chi connectivity index (χ1) is 15.3. The van der Waals surface area contributed by atoms with Crippen LogP contribution < -0.4 is 9.62 Å². The molecule has 1 heterocycles. The summed E-state index contributed by atoms with van der Waals surface area (Å²) in [7, 11) is -7.20. The SMILES string of the molecule is O=C(CN1c2cccc3cccc(c23)S1(=O)=O)Nc1ccc(S(=O)(=O)C2CCCC2)cc1. The number of nitrogens with one attached hydrogen (secondary N) is 1. The summed E-state index contributed by atoms with van der Waals surface area (Å²) in [5.74, 6) is -0.509. The maximum Gasteiger partial charge on any atom is 0.265 e. The molecule has 0 radical (unpaired) electrons. The normalized spacial score (nSPS) is 17.7. The van der Waals surface area contributed by atoms with Crippen LogP contribution in [-0.4, -0.2) is 34.5 Å². The number of hydrogen-bond acceptors (Lipinski definition) is 5. The van der Waals surface area contributed by atoms with Crippen molar-refractivity contribution in [1.29, 1.82) is 0 Å². The zero-order valence-electron chi connectivity index (χ0n) is 17.2. The monoisotopic (exact) mass is 470 g/mol. The molecule has 0 bridgehead atoms. The average Bonchev–Trinajstić information content (AvgIpc) is 3.39. The Morgan fingerprint density at radius 1 is 0.969 bits per heavy atom. The van der Waals surface area contributed by atoms with E-state index in [1.165, 1.54) is 24.3 Å². The molecule has 166 valence electrons. The van der Waals surface area contributed by atoms with E-state index < -0.39 is 25.8 Å². The number of sulfone groups is 1. The first-order valence-electron chi connectivity index (χ1n) is 10.5. The van der Waals surface area contributed by atoms with Crippen LogP contribution in [0.4, 0.5) is 11.4 Å². The molecule has 7 nitrogen and oxygen atoms in total. The van der Waals surface area contributed by atoms with Crippen LogP contribution in [0.3, 0.4) is 0 Å². The summed E-state index contributed by atoms with van der Waals surface area (Å²) in [5, 5.41) is 3.75. The maximum atomic E-state index is 13.0. The predicted octanol–water partition coefficient (Wildman–Crippen LogP) is 3.70. The minimum absolute atomic E-state index is 0.194. The molecule has 0 saturated heterocycles. The number of benzene rings is 3. The fourth-order valence-electron chi connectivity index (χ4n) is 4.58. The summed E-state index contributed by atoms with van der Waals surface area (Å²) in [4.78, 5) is 13.1. The molecule has 0 atom stereocenters. The third kappa shape index (κ3) is 3.36. The van der Waals surface area contributed by atoms with Gasteiger partial charge in [-0.1, -0.05) is 37.1 Å². The highest BCUT2D eigenvalue weighted by Crippen LogP contribution is 2.41. The van der Waals surface area contributed by atoms with Crippen molar-refractivity contribution in [1.82, 2.24) is 0 Å². The van der Waals surface area contributed by atoms with Gasteiger partial charge in [0.1, 0.15) is 6.54 Å². The fourth-order valence-corrected chi connectivity index (χ4v) is 8.10. The maximum absolute atomic E-state index is 13.0. The minimum atomic E-state index is -3.83. The molecule has 1 aliphatic carbocycles. The van der Waals surface area contributed by atoms with E-state index in [0.717, 1.165) is 22.5 Å². The number of carbonyl (C=O) groups excluding carboxylic acids is 1. The van der Waals surface area contributed by atoms with Crippen LogP contribution in [0.1, 0.15) is 25.7 Å². The molecule has 3 aromatic rings. The van der Waals surface area contributed by atoms with Gasteiger partial charge in [0.15, 0.2) is 9.84 Å². The van der Waals surface area contributed by atoms with E-state index >= 15 is 0 Å². The molecule has 1 amide bonds. The highest BCUT2D eigenvalue weighted by molar-refractivity contribution is 7.93. The topological polar surface area (TPSA) is 101 Å². The summed E-state index contributed by atoms with van der Waals surface area (Å²) in [6.07, 6.45) is 3.21. The van der Waals surface area contributed by atoms with Crippen molar-refractivity contribution in [3.05, 3.63) is 60.7 Å². The van der Waals surface area contributed by atoms with Gasteiger partial charge in [0.25, 0.3) is 10.0 Å². The molecule has 0 aromatic heterocycles. The highest BCUT2D eigenvalue weighted by Gasteiger charge is 2.36. The molecule has 5 rings (SSSR count). The van der Waals surface area contributed by atoms with Crippen molar-refractivity contribution in [3.63, 3.8) is 0 Å². The molecule has 1 N–H and O–H groups in total. The molecule has 9 heteroatoms. The van der Waals surface area contributed by atoms with Crippen molar-refractivity contribution >= 4 is 47.9 Å². The second-order valence-electron chi connectivity index (χ2n) is 8.17. The van der Waals surface area contributed by atoms with Gasteiger partial charge in [-0.2, -0.15) is 0 Å². The molecule has 3 aromatic carbocycles. The summed E-state index contributed by atoms with van der Waals surface area (Å²) in [6.45, 7) is -0.377. The quantitative estimate of drug-likeness (QED) is 0.613. The zero-order chi connectivity index (χ0) is 22.5. The molecule has 2 aliphatic rings. The molecule has 0 spiro atoms. The smallest absolute Gasteiger partial charge is 0.265 e. The summed E-state index contributed by atoms with van der Waals surface area (Å²) < 4.78 is 52.6. The number of carbonyl (C=O) groups is 1. The van der Waals surface area contributed by atoms with Crippen LogP contribution in [0.15, 0.2) is 70.5 Å². The molecule has 0 unspecified atom stereocenters. The third-order valence-corrected chi connectivity index (χ3v) is 10.3. The van der Waals surface area contributed by atoms with E-state index in [1.807, 2.05) is 12.1 Å². The standard InChI is InChI=1S/C23H22N2O5S2/c26-22(24-17-11-13-19(14-12-17)31(27,28)18-7-1-2-8-18)15-25-20-9-3-5-16-6-4-10-21(23(16)20)32(25,29)30/h3-6,9-14,18H,1-2,7-8,15H2,(H,24,26). The van der Waals surface area contributed by atoms with Gasteiger partial charge in [-0.25, -0.2) is 16.8 Å². The first-order valence-corrected chi connectivity index (χ1v) is 13.5. The van der Waals surface area contributed by atoms with E-state index in [4.69, 9.17) is 0 Å². The van der Waals surface area contributed by atoms with Crippen molar-refractivity contribution in [3.8, 4) is 0 Å². The lowest BCUT2D eigenvalue weighted by Crippen LogP contribution is -2.35. The zero-order valence-corrected chi connectivity index (χ0v) is 18.8. The van der Waals surface area contributed by atoms with Crippen LogP contribution in [-0.2, 0) is 24.7 Å². The summed E-state index contributed by atoms with van der Waals surface area (Å²) >= 11 is 0. The van der Waals surface area contributed by atoms with E-state index in [2.05, 4.69) is 5.32 Å². The molecule has 1 aliphatic heterocycles. The van der Waals surface area contributed by atoms with E-state index in [0.29, 0.717) is 29.6 Å². The van der Waals surface area contributed by atoms with Gasteiger partial charge in [0.2, 0.25) is 5.91 Å². The highest BCUT2D eigenvalue weighted by atomic mass is 32.2. The Balaban J connectivity index is 1.34. The second kappa shape index (κ2) is 7.60. The number of amides is 1. The van der Waals surface area contributed by atoms with Gasteiger partial charge >= 0.3 is 0 Å². The van der Waals surface area contributed by atoms with Gasteiger partial charge in [-0.15, -0.1) is 0 Å². The Hall–Kier alpha value is -2.91. The molecule has 1 saturated carbocycles. The third-order valence-electron chi connectivity index (χ3n) is 6.18. The minimum Gasteiger partial charge on any atom is -0.325 e. The van der Waals surface area contributed by atoms with Crippen molar-refractivity contribution in [2.75, 3.05) is 16.2 Å². The lowest BCUT2D eigenvalue weighted by atomic mass is 10.1. The lowest BCUT2D eigenvalue weighted by molar-refractivity contribution is -0.114. The Labute approximate surface area is 187 Å². The van der Waals surface area contributed by atoms with Gasteiger partial charge < -0.3 is 5.32 Å². The Bertz CT molecular complexity index is 1420. The first kappa shape index (κ1) is 21.0. The predicted molar refractivity (Wildman–Crippen MR) is 123 cm³/mol. The number of hydrogen-bond donors (Lipinski definition) is 1. The van der Waals surface area contributed by atoms with Crippen molar-refractivity contribution in [2.24, 2.45) is 0 Å². The summed E-state index contributed by atoms with van der Waals surface area (Å²) in [6, 6.07) is 16.4. The van der Waals surface area contributed by atoms with Crippen molar-refractivity contribution in [2.45, 2.75) is 40.7 Å². The lowest BCUT2D eigenvalue weighted by Gasteiger charge is -2.18. The van der Waals surface area contributed by atoms with Gasteiger partial charge in [0, 0.05) is 11.1 Å². The average molecular weight is 471 g/mol. The van der Waals surface area contributed by atoms with Crippen LogP contribution in [0.2, 0.25) is 0 Å². The van der Waals surface area contributed by atoms with Crippen molar-refractivity contribution < 1.29 is 21.6 Å². The van der Waals surface area contributed by atoms with E-state index in [9.17, 15) is 21.6 Å². The van der Waals surface area contributed by atoms with E-state index in [-0.39, 0.29) is 21.6 Å². The number of rotatable bonds is 5. The number of anilines is 2. The fraction of sp³-hybridized carbons (Fsp3) is 0.261. The van der Waals surface area contributed by atoms with Gasteiger partial charge in [0.05, 0.1) is 20.7 Å². The number of sulfonamides is 1. The van der Waals surface area contributed by atoms with Gasteiger partial charge in [-0.3, -0.25) is 9.10 Å². The second-order valence-corrected chi connectivity index (χ2v) is 12.2. The molecule has 1 fully saturated rings. The van der Waals surface area contributed by atoms with Crippen LogP contribution in [0, 0.1) is 0 Å². The number of nitrogens with zero attached hydrogens (tertiary/aromatic N) is 1. The Morgan fingerprint density at radius 3 is 2.31 bits per heavy atom. The molecule has 32 heavy (non-hydrogen) atoms. The largest absolute Gasteiger partial charge is 0.325 e. The van der Waals surface area contributed by atoms with Crippen LogP contribution >= 0.6 is 0 Å². The Morgan fingerprint density at radius 2 is 1.62 bits per heavy atom. The summed E-state index contributed by atoms with van der Waals surface area (Å²) in [5.41, 5.74) is 0.888. The van der Waals surface area contributed by atoms with Gasteiger partial charge in [-0.05, 0) is 54.6 Å². The molecular weight excluding hydrogens is 448 g/mol. The molecular formula is C23H22N2O5S2. The Kier molecular flexibility index (Phi) is 4.98.